The second-order valence-electron chi connectivity index (χ2n) is 4.90. The molecule has 1 aromatic rings. The molecule has 0 unspecified atom stereocenters. The van der Waals surface area contributed by atoms with E-state index < -0.39 is 0 Å². The van der Waals surface area contributed by atoms with Gasteiger partial charge in [0.15, 0.2) is 0 Å². The zero-order chi connectivity index (χ0) is 12.6. The van der Waals surface area contributed by atoms with E-state index in [1.54, 1.807) is 0 Å². The number of amides is 1. The quantitative estimate of drug-likeness (QED) is 0.774. The number of aryl methyl sites for hydroxylation is 2. The predicted molar refractivity (Wildman–Crippen MR) is 73.3 cm³/mol. The Balaban J connectivity index is 2.37. The molecule has 0 aromatic heterocycles. The molecule has 1 fully saturated rings. The molecule has 1 atom stereocenters. The minimum absolute atomic E-state index is 0.192. The smallest absolute Gasteiger partial charge is 0.254 e. The summed E-state index contributed by atoms with van der Waals surface area (Å²) in [7, 11) is 0. The third-order valence-electron chi connectivity index (χ3n) is 3.53. The first kappa shape index (κ1) is 12.6. The maximum absolute atomic E-state index is 12.5. The van der Waals surface area contributed by atoms with E-state index in [0.29, 0.717) is 6.04 Å². The van der Waals surface area contributed by atoms with Crippen LogP contribution in [-0.4, -0.2) is 23.4 Å². The number of hydrogen-bond donors (Lipinski definition) is 0. The van der Waals surface area contributed by atoms with Crippen molar-refractivity contribution in [2.75, 3.05) is 6.54 Å². The molecule has 0 saturated carbocycles. The van der Waals surface area contributed by atoms with Gasteiger partial charge in [0, 0.05) is 22.6 Å². The Kier molecular flexibility index (Phi) is 3.57. The van der Waals surface area contributed by atoms with Gasteiger partial charge in [-0.3, -0.25) is 4.79 Å². The zero-order valence-electron chi connectivity index (χ0n) is 10.6. The van der Waals surface area contributed by atoms with Gasteiger partial charge in [-0.25, -0.2) is 0 Å². The average Bonchev–Trinajstić information content (AvgIpc) is 2.62. The summed E-state index contributed by atoms with van der Waals surface area (Å²) in [5, 5.41) is 0. The van der Waals surface area contributed by atoms with Gasteiger partial charge in [-0.2, -0.15) is 0 Å². The minimum Gasteiger partial charge on any atom is -0.336 e. The van der Waals surface area contributed by atoms with Gasteiger partial charge >= 0.3 is 0 Å². The van der Waals surface area contributed by atoms with E-state index in [-0.39, 0.29) is 5.91 Å². The molecule has 0 bridgehead atoms. The van der Waals surface area contributed by atoms with Crippen LogP contribution < -0.4 is 0 Å². The summed E-state index contributed by atoms with van der Waals surface area (Å²) in [6.07, 6.45) is 2.25. The van der Waals surface area contributed by atoms with Crippen molar-refractivity contribution in [2.24, 2.45) is 0 Å². The van der Waals surface area contributed by atoms with E-state index in [2.05, 4.69) is 22.9 Å². The molecule has 3 heteroatoms. The van der Waals surface area contributed by atoms with Crippen LogP contribution in [0, 0.1) is 13.8 Å². The van der Waals surface area contributed by atoms with Gasteiger partial charge < -0.3 is 4.90 Å². The molecule has 17 heavy (non-hydrogen) atoms. The third-order valence-corrected chi connectivity index (χ3v) is 3.98. The maximum Gasteiger partial charge on any atom is 0.254 e. The molecule has 2 nitrogen and oxygen atoms in total. The van der Waals surface area contributed by atoms with Crippen LogP contribution >= 0.6 is 15.9 Å². The normalized spacial score (nSPS) is 19.8. The number of likely N-dealkylation sites (tertiary alicyclic amines) is 1. The van der Waals surface area contributed by atoms with Gasteiger partial charge in [-0.1, -0.05) is 15.9 Å². The molecule has 1 amide bonds. The molecule has 1 aliphatic heterocycles. The van der Waals surface area contributed by atoms with Crippen molar-refractivity contribution in [3.63, 3.8) is 0 Å². The average molecular weight is 296 g/mol. The fourth-order valence-electron chi connectivity index (χ4n) is 2.63. The van der Waals surface area contributed by atoms with E-state index in [1.807, 2.05) is 30.9 Å². The molecule has 1 aliphatic rings. The minimum atomic E-state index is 0.192. The highest BCUT2D eigenvalue weighted by Crippen LogP contribution is 2.25. The standard InChI is InChI=1S/C14H18BrNO/c1-9-7-12(15)8-10(2)13(9)14(17)16-6-4-5-11(16)3/h7-8,11H,4-6H2,1-3H3/t11-/m1/s1. The Morgan fingerprint density at radius 3 is 2.41 bits per heavy atom. The van der Waals surface area contributed by atoms with Crippen molar-refractivity contribution >= 4 is 21.8 Å². The molecule has 0 spiro atoms. The molecule has 0 radical (unpaired) electrons. The number of nitrogens with zero attached hydrogens (tertiary/aromatic N) is 1. The van der Waals surface area contributed by atoms with Crippen LogP contribution in [0.2, 0.25) is 0 Å². The first-order valence-corrected chi connectivity index (χ1v) is 6.87. The summed E-state index contributed by atoms with van der Waals surface area (Å²) in [4.78, 5) is 14.5. The first-order valence-electron chi connectivity index (χ1n) is 6.08. The topological polar surface area (TPSA) is 20.3 Å². The molecule has 92 valence electrons. The number of benzene rings is 1. The molecule has 0 aliphatic carbocycles. The third kappa shape index (κ3) is 2.39. The van der Waals surface area contributed by atoms with Crippen LogP contribution in [0.4, 0.5) is 0 Å². The molecule has 2 rings (SSSR count). The van der Waals surface area contributed by atoms with Crippen LogP contribution in [0.15, 0.2) is 16.6 Å². The van der Waals surface area contributed by atoms with E-state index >= 15 is 0 Å². The molecule has 1 heterocycles. The van der Waals surface area contributed by atoms with Crippen molar-refractivity contribution in [2.45, 2.75) is 39.7 Å². The monoisotopic (exact) mass is 295 g/mol. The summed E-state index contributed by atoms with van der Waals surface area (Å²) in [5.41, 5.74) is 2.99. The van der Waals surface area contributed by atoms with E-state index in [1.165, 1.54) is 0 Å². The van der Waals surface area contributed by atoms with Crippen LogP contribution in [0.25, 0.3) is 0 Å². The van der Waals surface area contributed by atoms with Gasteiger partial charge in [-0.05, 0) is 56.9 Å². The number of carbonyl (C=O) groups excluding carboxylic acids is 1. The maximum atomic E-state index is 12.5. The fourth-order valence-corrected chi connectivity index (χ4v) is 3.31. The highest BCUT2D eigenvalue weighted by molar-refractivity contribution is 9.10. The Morgan fingerprint density at radius 1 is 1.35 bits per heavy atom. The second-order valence-corrected chi connectivity index (χ2v) is 5.82. The number of halogens is 1. The molecular weight excluding hydrogens is 278 g/mol. The predicted octanol–water partition coefficient (Wildman–Crippen LogP) is 3.69. The van der Waals surface area contributed by atoms with Crippen LogP contribution in [0.5, 0.6) is 0 Å². The Bertz CT molecular complexity index is 433. The second kappa shape index (κ2) is 4.81. The van der Waals surface area contributed by atoms with Gasteiger partial charge in [0.05, 0.1) is 0 Å². The molecule has 0 N–H and O–H groups in total. The van der Waals surface area contributed by atoms with Crippen molar-refractivity contribution in [3.05, 3.63) is 33.3 Å². The van der Waals surface area contributed by atoms with E-state index in [4.69, 9.17) is 0 Å². The summed E-state index contributed by atoms with van der Waals surface area (Å²) in [6, 6.07) is 4.41. The highest BCUT2D eigenvalue weighted by atomic mass is 79.9. The van der Waals surface area contributed by atoms with Gasteiger partial charge in [0.2, 0.25) is 0 Å². The van der Waals surface area contributed by atoms with Crippen molar-refractivity contribution in [3.8, 4) is 0 Å². The SMILES string of the molecule is Cc1cc(Br)cc(C)c1C(=O)N1CCC[C@H]1C. The lowest BCUT2D eigenvalue weighted by atomic mass is 10.0. The van der Waals surface area contributed by atoms with Crippen molar-refractivity contribution in [1.82, 2.24) is 4.90 Å². The van der Waals surface area contributed by atoms with Crippen LogP contribution in [0.3, 0.4) is 0 Å². The summed E-state index contributed by atoms with van der Waals surface area (Å²) in [5.74, 6) is 0.192. The molecule has 1 saturated heterocycles. The van der Waals surface area contributed by atoms with Gasteiger partial charge in [0.1, 0.15) is 0 Å². The van der Waals surface area contributed by atoms with Crippen molar-refractivity contribution in [1.29, 1.82) is 0 Å². The van der Waals surface area contributed by atoms with Gasteiger partial charge in [0.25, 0.3) is 5.91 Å². The lowest BCUT2D eigenvalue weighted by Gasteiger charge is -2.23. The number of carbonyl (C=O) groups is 1. The lowest BCUT2D eigenvalue weighted by molar-refractivity contribution is 0.0746. The molecular formula is C14H18BrNO. The fraction of sp³-hybridized carbons (Fsp3) is 0.500. The number of rotatable bonds is 1. The Hall–Kier alpha value is -0.830. The van der Waals surface area contributed by atoms with Crippen molar-refractivity contribution < 1.29 is 4.79 Å². The highest BCUT2D eigenvalue weighted by Gasteiger charge is 2.27. The van der Waals surface area contributed by atoms with E-state index in [0.717, 1.165) is 40.5 Å². The summed E-state index contributed by atoms with van der Waals surface area (Å²) >= 11 is 3.47. The van der Waals surface area contributed by atoms with E-state index in [9.17, 15) is 4.79 Å². The zero-order valence-corrected chi connectivity index (χ0v) is 12.2. The Morgan fingerprint density at radius 2 is 1.94 bits per heavy atom. The summed E-state index contributed by atoms with van der Waals surface area (Å²) < 4.78 is 1.04. The largest absolute Gasteiger partial charge is 0.336 e. The van der Waals surface area contributed by atoms with Crippen LogP contribution in [-0.2, 0) is 0 Å². The lowest BCUT2D eigenvalue weighted by Crippen LogP contribution is -2.34. The molecule has 1 aromatic carbocycles. The summed E-state index contributed by atoms with van der Waals surface area (Å²) in [6.45, 7) is 7.04. The number of hydrogen-bond acceptors (Lipinski definition) is 1. The van der Waals surface area contributed by atoms with Gasteiger partial charge in [-0.15, -0.1) is 0 Å². The van der Waals surface area contributed by atoms with Crippen LogP contribution in [0.1, 0.15) is 41.3 Å². The Labute approximate surface area is 111 Å². The first-order chi connectivity index (χ1) is 8.00.